The Bertz CT molecular complexity index is 1070. The van der Waals surface area contributed by atoms with Crippen molar-refractivity contribution in [2.24, 2.45) is 0 Å². The minimum Gasteiger partial charge on any atom is -0.374 e. The van der Waals surface area contributed by atoms with Gasteiger partial charge in [-0.1, -0.05) is 18.2 Å². The van der Waals surface area contributed by atoms with Crippen molar-refractivity contribution in [1.29, 1.82) is 0 Å². The molecule has 2 N–H and O–H groups in total. The van der Waals surface area contributed by atoms with Crippen LogP contribution in [0.25, 0.3) is 5.69 Å². The van der Waals surface area contributed by atoms with Crippen LogP contribution in [0.2, 0.25) is 0 Å². The van der Waals surface area contributed by atoms with Crippen molar-refractivity contribution in [3.05, 3.63) is 60.4 Å². The van der Waals surface area contributed by atoms with E-state index in [9.17, 15) is 5.11 Å². The summed E-state index contributed by atoms with van der Waals surface area (Å²) >= 11 is 0. The van der Waals surface area contributed by atoms with E-state index in [0.717, 1.165) is 49.5 Å². The van der Waals surface area contributed by atoms with Crippen molar-refractivity contribution in [3.8, 4) is 5.69 Å². The first-order chi connectivity index (χ1) is 15.4. The topological polar surface area (TPSA) is 69.5 Å². The van der Waals surface area contributed by atoms with Gasteiger partial charge >= 0.3 is 0 Å². The third-order valence-corrected chi connectivity index (χ3v) is 7.06. The SMILES string of the molecule is CC(C)N1CCC2(CC1)CN(C(C)O)c1ccc(Nc3ncn(-c4ccccc4)n3)cc12. The minimum absolute atomic E-state index is 0.0756. The molecular weight excluding hydrogens is 400 g/mol. The monoisotopic (exact) mass is 432 g/mol. The molecule has 3 heterocycles. The summed E-state index contributed by atoms with van der Waals surface area (Å²) in [6, 6.07) is 17.0. The molecule has 0 aliphatic carbocycles. The molecule has 168 valence electrons. The molecule has 1 spiro atoms. The van der Waals surface area contributed by atoms with E-state index in [1.807, 2.05) is 37.3 Å². The number of benzene rings is 2. The molecule has 0 amide bonds. The maximum absolute atomic E-state index is 10.4. The lowest BCUT2D eigenvalue weighted by Crippen LogP contribution is -2.48. The van der Waals surface area contributed by atoms with Gasteiger partial charge in [0.2, 0.25) is 5.95 Å². The first-order valence-electron chi connectivity index (χ1n) is 11.5. The summed E-state index contributed by atoms with van der Waals surface area (Å²) in [5.41, 5.74) is 4.51. The second-order valence-corrected chi connectivity index (χ2v) is 9.38. The van der Waals surface area contributed by atoms with Crippen molar-refractivity contribution in [3.63, 3.8) is 0 Å². The molecule has 1 unspecified atom stereocenters. The van der Waals surface area contributed by atoms with Gasteiger partial charge in [0.05, 0.1) is 5.69 Å². The van der Waals surface area contributed by atoms with E-state index in [0.29, 0.717) is 12.0 Å². The normalized spacial score (nSPS) is 18.8. The van der Waals surface area contributed by atoms with Crippen molar-refractivity contribution in [2.45, 2.75) is 51.3 Å². The second-order valence-electron chi connectivity index (χ2n) is 9.38. The zero-order chi connectivity index (χ0) is 22.3. The molecule has 0 bridgehead atoms. The zero-order valence-corrected chi connectivity index (χ0v) is 19.1. The first-order valence-corrected chi connectivity index (χ1v) is 11.5. The lowest BCUT2D eigenvalue weighted by Gasteiger charge is -2.42. The largest absolute Gasteiger partial charge is 0.374 e. The summed E-state index contributed by atoms with van der Waals surface area (Å²) in [7, 11) is 0. The van der Waals surface area contributed by atoms with Gasteiger partial charge in [-0.05, 0) is 82.6 Å². The molecule has 5 rings (SSSR count). The standard InChI is InChI=1S/C25H32N6O/c1-18(2)29-13-11-25(12-14-29)16-30(19(3)32)23-10-9-20(15-22(23)25)27-24-26-17-31(28-24)21-7-5-4-6-8-21/h4-10,15,17-19,32H,11-14,16H2,1-3H3,(H,27,28). The molecule has 1 fully saturated rings. The summed E-state index contributed by atoms with van der Waals surface area (Å²) in [5, 5.41) is 18.4. The predicted molar refractivity (Wildman–Crippen MR) is 128 cm³/mol. The molecule has 1 atom stereocenters. The number of nitrogens with zero attached hydrogens (tertiary/aromatic N) is 5. The fraction of sp³-hybridized carbons (Fsp3) is 0.440. The van der Waals surface area contributed by atoms with Gasteiger partial charge < -0.3 is 20.2 Å². The molecule has 0 saturated carbocycles. The molecule has 3 aromatic rings. The number of aromatic nitrogens is 3. The average molecular weight is 433 g/mol. The number of anilines is 3. The molecule has 2 aliphatic heterocycles. The molecule has 1 saturated heterocycles. The number of hydrogen-bond donors (Lipinski definition) is 2. The van der Waals surface area contributed by atoms with E-state index in [1.54, 1.807) is 11.0 Å². The van der Waals surface area contributed by atoms with Crippen LogP contribution in [0.4, 0.5) is 17.3 Å². The molecule has 2 aromatic carbocycles. The number of rotatable bonds is 5. The minimum atomic E-state index is -0.502. The van der Waals surface area contributed by atoms with E-state index in [2.05, 4.69) is 57.2 Å². The Kier molecular flexibility index (Phi) is 5.39. The molecule has 7 heteroatoms. The number of aliphatic hydroxyl groups excluding tert-OH is 1. The van der Waals surface area contributed by atoms with Crippen LogP contribution in [0, 0.1) is 0 Å². The lowest BCUT2D eigenvalue weighted by molar-refractivity contribution is 0.126. The maximum atomic E-state index is 10.4. The number of fused-ring (bicyclic) bond motifs is 2. The second kappa shape index (κ2) is 8.22. The molecule has 2 aliphatic rings. The van der Waals surface area contributed by atoms with E-state index in [4.69, 9.17) is 0 Å². The number of likely N-dealkylation sites (tertiary alicyclic amines) is 1. The summed E-state index contributed by atoms with van der Waals surface area (Å²) in [5.74, 6) is 0.572. The Hall–Kier alpha value is -2.90. The summed E-state index contributed by atoms with van der Waals surface area (Å²) < 4.78 is 1.77. The van der Waals surface area contributed by atoms with Crippen molar-refractivity contribution in [1.82, 2.24) is 19.7 Å². The van der Waals surface area contributed by atoms with E-state index in [1.165, 1.54) is 5.56 Å². The van der Waals surface area contributed by atoms with Gasteiger partial charge in [0.15, 0.2) is 0 Å². The van der Waals surface area contributed by atoms with Crippen LogP contribution in [0.15, 0.2) is 54.9 Å². The fourth-order valence-corrected chi connectivity index (χ4v) is 5.17. The summed E-state index contributed by atoms with van der Waals surface area (Å²) in [6.07, 6.45) is 3.43. The van der Waals surface area contributed by atoms with Crippen molar-refractivity contribution >= 4 is 17.3 Å². The van der Waals surface area contributed by atoms with Gasteiger partial charge in [0, 0.05) is 29.4 Å². The van der Waals surface area contributed by atoms with Crippen LogP contribution < -0.4 is 10.2 Å². The fourth-order valence-electron chi connectivity index (χ4n) is 5.17. The zero-order valence-electron chi connectivity index (χ0n) is 19.1. The molecule has 1 aromatic heterocycles. The van der Waals surface area contributed by atoms with E-state index in [-0.39, 0.29) is 5.41 Å². The average Bonchev–Trinajstić information content (AvgIpc) is 3.38. The van der Waals surface area contributed by atoms with Crippen molar-refractivity contribution in [2.75, 3.05) is 29.9 Å². The Balaban J connectivity index is 1.42. The number of nitrogens with one attached hydrogen (secondary N) is 1. The number of aliphatic hydroxyl groups is 1. The van der Waals surface area contributed by atoms with Crippen LogP contribution in [0.1, 0.15) is 39.2 Å². The maximum Gasteiger partial charge on any atom is 0.246 e. The van der Waals surface area contributed by atoms with Crippen LogP contribution in [-0.4, -0.2) is 56.7 Å². The number of hydrogen-bond acceptors (Lipinski definition) is 6. The van der Waals surface area contributed by atoms with Crippen LogP contribution >= 0.6 is 0 Å². The summed E-state index contributed by atoms with van der Waals surface area (Å²) in [6.45, 7) is 9.45. The van der Waals surface area contributed by atoms with Crippen LogP contribution in [0.5, 0.6) is 0 Å². The lowest BCUT2D eigenvalue weighted by atomic mass is 9.74. The Labute approximate surface area is 189 Å². The van der Waals surface area contributed by atoms with E-state index >= 15 is 0 Å². The summed E-state index contributed by atoms with van der Waals surface area (Å²) in [4.78, 5) is 9.14. The third-order valence-electron chi connectivity index (χ3n) is 7.06. The van der Waals surface area contributed by atoms with Crippen LogP contribution in [-0.2, 0) is 5.41 Å². The highest BCUT2D eigenvalue weighted by Gasteiger charge is 2.45. The quantitative estimate of drug-likeness (QED) is 0.637. The highest BCUT2D eigenvalue weighted by molar-refractivity contribution is 5.69. The van der Waals surface area contributed by atoms with Gasteiger partial charge in [-0.25, -0.2) is 4.68 Å². The molecule has 32 heavy (non-hydrogen) atoms. The molecule has 7 nitrogen and oxygen atoms in total. The van der Waals surface area contributed by atoms with Gasteiger partial charge in [0.1, 0.15) is 12.6 Å². The van der Waals surface area contributed by atoms with Gasteiger partial charge in [-0.3, -0.25) is 0 Å². The Morgan fingerprint density at radius 2 is 1.78 bits per heavy atom. The van der Waals surface area contributed by atoms with E-state index < -0.39 is 6.23 Å². The first kappa shape index (κ1) is 21.0. The van der Waals surface area contributed by atoms with Gasteiger partial charge in [0.25, 0.3) is 0 Å². The molecular formula is C25H32N6O. The van der Waals surface area contributed by atoms with Crippen LogP contribution in [0.3, 0.4) is 0 Å². The van der Waals surface area contributed by atoms with Gasteiger partial charge in [-0.2, -0.15) is 4.98 Å². The Morgan fingerprint density at radius 1 is 1.03 bits per heavy atom. The smallest absolute Gasteiger partial charge is 0.246 e. The van der Waals surface area contributed by atoms with Crippen molar-refractivity contribution < 1.29 is 5.11 Å². The number of para-hydroxylation sites is 1. The third kappa shape index (κ3) is 3.76. The Morgan fingerprint density at radius 3 is 2.47 bits per heavy atom. The highest BCUT2D eigenvalue weighted by atomic mass is 16.3. The highest BCUT2D eigenvalue weighted by Crippen LogP contribution is 2.48. The van der Waals surface area contributed by atoms with Gasteiger partial charge in [-0.15, -0.1) is 5.10 Å². The number of piperidine rings is 1. The molecule has 0 radical (unpaired) electrons. The predicted octanol–water partition coefficient (Wildman–Crippen LogP) is 3.91.